The lowest BCUT2D eigenvalue weighted by Crippen LogP contribution is -2.61. The molecule has 7 nitrogen and oxygen atoms in total. The van der Waals surface area contributed by atoms with E-state index in [0.29, 0.717) is 19.6 Å². The van der Waals surface area contributed by atoms with Gasteiger partial charge in [-0.3, -0.25) is 4.99 Å². The summed E-state index contributed by atoms with van der Waals surface area (Å²) in [5.41, 5.74) is 1.15. The number of hydrogen-bond donors (Lipinski definition) is 2. The molecule has 0 radical (unpaired) electrons. The summed E-state index contributed by atoms with van der Waals surface area (Å²) in [6.07, 6.45) is 1.82. The minimum atomic E-state index is -3.08. The first-order chi connectivity index (χ1) is 14.2. The van der Waals surface area contributed by atoms with Crippen LogP contribution < -0.4 is 10.6 Å². The highest BCUT2D eigenvalue weighted by Gasteiger charge is 2.41. The van der Waals surface area contributed by atoms with Crippen molar-refractivity contribution in [3.05, 3.63) is 35.9 Å². The normalized spacial score (nSPS) is 24.3. The molecule has 0 aromatic heterocycles. The zero-order chi connectivity index (χ0) is 21.8. The second kappa shape index (κ2) is 9.24. The summed E-state index contributed by atoms with van der Waals surface area (Å²) in [7, 11) is -1.32. The highest BCUT2D eigenvalue weighted by atomic mass is 32.2. The highest BCUT2D eigenvalue weighted by molar-refractivity contribution is 7.92. The van der Waals surface area contributed by atoms with Crippen LogP contribution >= 0.6 is 0 Å². The van der Waals surface area contributed by atoms with Crippen molar-refractivity contribution in [3.8, 4) is 0 Å². The largest absolute Gasteiger partial charge is 0.381 e. The molecule has 0 bridgehead atoms. The Morgan fingerprint density at radius 1 is 1.23 bits per heavy atom. The second-order valence-corrected chi connectivity index (χ2v) is 11.8. The van der Waals surface area contributed by atoms with Gasteiger partial charge in [0.2, 0.25) is 0 Å². The number of nitrogens with zero attached hydrogens (tertiary/aromatic N) is 2. The maximum absolute atomic E-state index is 12.4. The minimum Gasteiger partial charge on any atom is -0.381 e. The van der Waals surface area contributed by atoms with Gasteiger partial charge in [-0.2, -0.15) is 0 Å². The van der Waals surface area contributed by atoms with E-state index < -0.39 is 14.6 Å². The van der Waals surface area contributed by atoms with Crippen LogP contribution in [0.15, 0.2) is 35.3 Å². The molecule has 168 valence electrons. The fourth-order valence-corrected chi connectivity index (χ4v) is 5.69. The average Bonchev–Trinajstić information content (AvgIpc) is 2.72. The van der Waals surface area contributed by atoms with E-state index in [0.717, 1.165) is 32.0 Å². The van der Waals surface area contributed by atoms with Crippen LogP contribution in [0, 0.1) is 0 Å². The topological polar surface area (TPSA) is 83.0 Å². The van der Waals surface area contributed by atoms with Crippen molar-refractivity contribution in [1.29, 1.82) is 0 Å². The number of benzene rings is 1. The Morgan fingerprint density at radius 3 is 2.50 bits per heavy atom. The van der Waals surface area contributed by atoms with Crippen LogP contribution in [0.5, 0.6) is 0 Å². The Morgan fingerprint density at radius 2 is 1.90 bits per heavy atom. The van der Waals surface area contributed by atoms with Crippen LogP contribution in [0.2, 0.25) is 0 Å². The number of hydrogen-bond acceptors (Lipinski definition) is 5. The van der Waals surface area contributed by atoms with Gasteiger partial charge in [0.1, 0.15) is 0 Å². The van der Waals surface area contributed by atoms with E-state index in [1.807, 2.05) is 6.07 Å². The van der Waals surface area contributed by atoms with Crippen LogP contribution in [0.25, 0.3) is 0 Å². The van der Waals surface area contributed by atoms with Gasteiger partial charge < -0.3 is 20.3 Å². The lowest BCUT2D eigenvalue weighted by Gasteiger charge is -2.43. The Bertz CT molecular complexity index is 833. The first kappa shape index (κ1) is 23.0. The monoisotopic (exact) mass is 436 g/mol. The number of rotatable bonds is 5. The predicted molar refractivity (Wildman–Crippen MR) is 122 cm³/mol. The molecule has 2 aliphatic heterocycles. The molecule has 1 aromatic rings. The van der Waals surface area contributed by atoms with Crippen LogP contribution in [0.3, 0.4) is 0 Å². The standard InChI is InChI=1S/C22H36N4O3S/c1-18(19-8-6-5-7-9-19)25-22(10-13-29-14-11-22)16-24-20(23-4)26-12-15-30(27,28)21(2,3)17-26/h5-9,18,25H,10-17H2,1-4H3,(H,23,24). The van der Waals surface area contributed by atoms with Crippen molar-refractivity contribution >= 4 is 15.8 Å². The van der Waals surface area contributed by atoms with Gasteiger partial charge in [-0.05, 0) is 39.2 Å². The Kier molecular flexibility index (Phi) is 7.09. The third-order valence-electron chi connectivity index (χ3n) is 6.41. The maximum atomic E-state index is 12.4. The van der Waals surface area contributed by atoms with Gasteiger partial charge in [0.25, 0.3) is 0 Å². The molecule has 2 heterocycles. The van der Waals surface area contributed by atoms with E-state index in [1.165, 1.54) is 5.56 Å². The molecule has 2 fully saturated rings. The quantitative estimate of drug-likeness (QED) is 0.542. The van der Waals surface area contributed by atoms with E-state index in [2.05, 4.69) is 51.7 Å². The molecule has 1 aromatic carbocycles. The number of sulfone groups is 1. The molecule has 0 saturated carbocycles. The van der Waals surface area contributed by atoms with Gasteiger partial charge >= 0.3 is 0 Å². The summed E-state index contributed by atoms with van der Waals surface area (Å²) >= 11 is 0. The third kappa shape index (κ3) is 5.15. The van der Waals surface area contributed by atoms with Gasteiger partial charge in [0.05, 0.1) is 10.5 Å². The Labute approximate surface area is 181 Å². The molecule has 2 aliphatic rings. The predicted octanol–water partition coefficient (Wildman–Crippen LogP) is 1.97. The van der Waals surface area contributed by atoms with Crippen molar-refractivity contribution in [2.24, 2.45) is 4.99 Å². The van der Waals surface area contributed by atoms with Crippen molar-refractivity contribution in [3.63, 3.8) is 0 Å². The first-order valence-electron chi connectivity index (χ1n) is 10.8. The van der Waals surface area contributed by atoms with E-state index in [-0.39, 0.29) is 17.3 Å². The molecule has 8 heteroatoms. The van der Waals surface area contributed by atoms with E-state index in [1.54, 1.807) is 20.9 Å². The van der Waals surface area contributed by atoms with Gasteiger partial charge in [-0.15, -0.1) is 0 Å². The van der Waals surface area contributed by atoms with Gasteiger partial charge in [0, 0.05) is 51.5 Å². The number of aliphatic imine (C=N–C) groups is 1. The number of guanidine groups is 1. The third-order valence-corrected chi connectivity index (χ3v) is 8.94. The number of nitrogens with one attached hydrogen (secondary N) is 2. The lowest BCUT2D eigenvalue weighted by molar-refractivity contribution is 0.0352. The van der Waals surface area contributed by atoms with Crippen molar-refractivity contribution in [1.82, 2.24) is 15.5 Å². The average molecular weight is 437 g/mol. The summed E-state index contributed by atoms with van der Waals surface area (Å²) < 4.78 is 29.6. The van der Waals surface area contributed by atoms with Crippen LogP contribution in [0.1, 0.15) is 45.2 Å². The van der Waals surface area contributed by atoms with E-state index in [9.17, 15) is 8.42 Å². The number of ether oxygens (including phenoxy) is 1. The van der Waals surface area contributed by atoms with Crippen LogP contribution in [-0.4, -0.2) is 75.2 Å². The molecule has 1 unspecified atom stereocenters. The molecule has 30 heavy (non-hydrogen) atoms. The van der Waals surface area contributed by atoms with E-state index in [4.69, 9.17) is 4.74 Å². The molecule has 1 atom stereocenters. The first-order valence-corrected chi connectivity index (χ1v) is 12.4. The molecule has 0 amide bonds. The van der Waals surface area contributed by atoms with Gasteiger partial charge in [-0.1, -0.05) is 30.3 Å². The smallest absolute Gasteiger partial charge is 0.193 e. The summed E-state index contributed by atoms with van der Waals surface area (Å²) in [6.45, 7) is 8.86. The molecule has 0 spiro atoms. The lowest BCUT2D eigenvalue weighted by atomic mass is 9.88. The SMILES string of the molecule is CN=C(NCC1(NC(C)c2ccccc2)CCOCC1)N1CCS(=O)(=O)C(C)(C)C1. The van der Waals surface area contributed by atoms with Crippen LogP contribution in [-0.2, 0) is 14.6 Å². The van der Waals surface area contributed by atoms with Gasteiger partial charge in [0.15, 0.2) is 15.8 Å². The van der Waals surface area contributed by atoms with E-state index >= 15 is 0 Å². The summed E-state index contributed by atoms with van der Waals surface area (Å²) in [6, 6.07) is 10.7. The fraction of sp³-hybridized carbons (Fsp3) is 0.682. The van der Waals surface area contributed by atoms with Crippen molar-refractivity contribution < 1.29 is 13.2 Å². The minimum absolute atomic E-state index is 0.110. The summed E-state index contributed by atoms with van der Waals surface area (Å²) in [5.74, 6) is 0.918. The Hall–Kier alpha value is -1.64. The van der Waals surface area contributed by atoms with Crippen LogP contribution in [0.4, 0.5) is 0 Å². The second-order valence-electron chi connectivity index (χ2n) is 9.07. The Balaban J connectivity index is 1.69. The zero-order valence-electron chi connectivity index (χ0n) is 18.6. The molecule has 0 aliphatic carbocycles. The zero-order valence-corrected chi connectivity index (χ0v) is 19.5. The molecule has 2 N–H and O–H groups in total. The highest BCUT2D eigenvalue weighted by Crippen LogP contribution is 2.26. The molecule has 2 saturated heterocycles. The molecular weight excluding hydrogens is 400 g/mol. The van der Waals surface area contributed by atoms with Crippen molar-refractivity contribution in [2.75, 3.05) is 45.6 Å². The fourth-order valence-electron chi connectivity index (χ4n) is 4.32. The maximum Gasteiger partial charge on any atom is 0.193 e. The molecular formula is C22H36N4O3S. The summed E-state index contributed by atoms with van der Waals surface area (Å²) in [5, 5.41) is 7.38. The van der Waals surface area contributed by atoms with Crippen molar-refractivity contribution in [2.45, 2.75) is 49.9 Å². The summed E-state index contributed by atoms with van der Waals surface area (Å²) in [4.78, 5) is 6.52. The van der Waals surface area contributed by atoms with Gasteiger partial charge in [-0.25, -0.2) is 8.42 Å². The molecule has 3 rings (SSSR count).